The molecule has 0 spiro atoms. The lowest BCUT2D eigenvalue weighted by atomic mass is 9.48. The molecule has 0 atom stereocenters. The fourth-order valence-electron chi connectivity index (χ4n) is 5.21. The van der Waals surface area contributed by atoms with Crippen LogP contribution in [0.25, 0.3) is 0 Å². The normalized spacial score (nSPS) is 42.2. The lowest BCUT2D eigenvalue weighted by Gasteiger charge is -2.56. The highest BCUT2D eigenvalue weighted by Crippen LogP contribution is 2.61. The summed E-state index contributed by atoms with van der Waals surface area (Å²) in [4.78, 5) is 29.6. The van der Waals surface area contributed by atoms with Crippen molar-refractivity contribution < 1.29 is 19.1 Å². The third-order valence-corrected chi connectivity index (χ3v) is 5.88. The maximum Gasteiger partial charge on any atom is 0.332 e. The summed E-state index contributed by atoms with van der Waals surface area (Å²) in [5, 5.41) is 0. The van der Waals surface area contributed by atoms with E-state index in [1.165, 1.54) is 19.3 Å². The van der Waals surface area contributed by atoms with Crippen molar-refractivity contribution in [2.75, 3.05) is 6.16 Å². The number of carbonyl (C=O) groups excluding carboxylic acids is 1. The molecule has 102 valence electrons. The van der Waals surface area contributed by atoms with E-state index in [2.05, 4.69) is 0 Å². The first-order valence-electron chi connectivity index (χ1n) is 6.90. The van der Waals surface area contributed by atoms with Crippen LogP contribution in [0.5, 0.6) is 0 Å². The van der Waals surface area contributed by atoms with Crippen molar-refractivity contribution in [3.8, 4) is 0 Å². The molecule has 0 aliphatic heterocycles. The summed E-state index contributed by atoms with van der Waals surface area (Å²) in [6, 6.07) is 0. The highest BCUT2D eigenvalue weighted by Gasteiger charge is 2.51. The molecule has 4 aliphatic carbocycles. The highest BCUT2D eigenvalue weighted by atomic mass is 31.2. The topological polar surface area (TPSA) is 74.6 Å². The fraction of sp³-hybridized carbons (Fsp3) is 0.923. The number of hydrogen-bond acceptors (Lipinski definition) is 2. The van der Waals surface area contributed by atoms with Crippen LogP contribution in [0, 0.1) is 23.2 Å². The summed E-state index contributed by atoms with van der Waals surface area (Å²) in [6.07, 6.45) is 7.17. The van der Waals surface area contributed by atoms with Crippen LogP contribution in [0.2, 0.25) is 0 Å². The van der Waals surface area contributed by atoms with Crippen LogP contribution in [0.4, 0.5) is 0 Å². The molecule has 0 aromatic rings. The third-order valence-electron chi connectivity index (χ3n) is 5.12. The van der Waals surface area contributed by atoms with E-state index in [9.17, 15) is 9.36 Å². The summed E-state index contributed by atoms with van der Waals surface area (Å²) >= 11 is 0. The van der Waals surface area contributed by atoms with E-state index in [1.54, 1.807) is 0 Å². The highest BCUT2D eigenvalue weighted by molar-refractivity contribution is 7.52. The first-order valence-corrected chi connectivity index (χ1v) is 8.70. The molecule has 0 unspecified atom stereocenters. The number of carbonyl (C=O) groups is 1. The van der Waals surface area contributed by atoms with Gasteiger partial charge in [0.2, 0.25) is 0 Å². The SMILES string of the molecule is O=C(CC12CC3CC(CC(C3)C1)C2)CP(=O)(O)O. The minimum absolute atomic E-state index is 0.0982. The van der Waals surface area contributed by atoms with Gasteiger partial charge >= 0.3 is 7.60 Å². The van der Waals surface area contributed by atoms with E-state index in [0.29, 0.717) is 6.42 Å². The van der Waals surface area contributed by atoms with Crippen LogP contribution in [0.15, 0.2) is 0 Å². The van der Waals surface area contributed by atoms with E-state index in [1.807, 2.05) is 0 Å². The van der Waals surface area contributed by atoms with Crippen molar-refractivity contribution >= 4 is 13.4 Å². The average Bonchev–Trinajstić information content (AvgIpc) is 2.09. The standard InChI is InChI=1S/C13H21O4P/c14-12(8-18(15,16)17)7-13-4-9-1-10(5-13)3-11(2-9)6-13/h9-11H,1-8H2,(H2,15,16,17). The lowest BCUT2D eigenvalue weighted by Crippen LogP contribution is -2.47. The van der Waals surface area contributed by atoms with Gasteiger partial charge in [0.15, 0.2) is 0 Å². The molecule has 0 saturated heterocycles. The average molecular weight is 272 g/mol. The Morgan fingerprint density at radius 3 is 1.89 bits per heavy atom. The Labute approximate surface area is 107 Å². The van der Waals surface area contributed by atoms with Gasteiger partial charge in [-0.2, -0.15) is 0 Å². The van der Waals surface area contributed by atoms with Gasteiger partial charge < -0.3 is 9.79 Å². The molecular formula is C13H21O4P. The van der Waals surface area contributed by atoms with E-state index < -0.39 is 13.8 Å². The molecule has 4 fully saturated rings. The minimum Gasteiger partial charge on any atom is -0.324 e. The van der Waals surface area contributed by atoms with Crippen LogP contribution < -0.4 is 0 Å². The van der Waals surface area contributed by atoms with E-state index in [-0.39, 0.29) is 11.2 Å². The van der Waals surface area contributed by atoms with Crippen molar-refractivity contribution in [3.63, 3.8) is 0 Å². The van der Waals surface area contributed by atoms with Gasteiger partial charge in [-0.25, -0.2) is 0 Å². The number of hydrogen-bond donors (Lipinski definition) is 2. The maximum atomic E-state index is 11.9. The Morgan fingerprint density at radius 2 is 1.50 bits per heavy atom. The molecular weight excluding hydrogens is 251 g/mol. The van der Waals surface area contributed by atoms with Crippen molar-refractivity contribution in [1.29, 1.82) is 0 Å². The van der Waals surface area contributed by atoms with Crippen LogP contribution in [-0.2, 0) is 9.36 Å². The van der Waals surface area contributed by atoms with Gasteiger partial charge in [0.05, 0.1) is 0 Å². The van der Waals surface area contributed by atoms with Crippen LogP contribution in [0.1, 0.15) is 44.9 Å². The van der Waals surface area contributed by atoms with Gasteiger partial charge in [-0.3, -0.25) is 9.36 Å². The molecule has 0 radical (unpaired) electrons. The summed E-state index contributed by atoms with van der Waals surface area (Å²) in [7, 11) is -4.18. The van der Waals surface area contributed by atoms with Gasteiger partial charge in [-0.15, -0.1) is 0 Å². The summed E-state index contributed by atoms with van der Waals surface area (Å²) in [5.41, 5.74) is 0.0982. The van der Waals surface area contributed by atoms with Crippen LogP contribution >= 0.6 is 7.60 Å². The number of rotatable bonds is 4. The van der Waals surface area contributed by atoms with E-state index in [0.717, 1.165) is 37.0 Å². The monoisotopic (exact) mass is 272 g/mol. The zero-order valence-electron chi connectivity index (χ0n) is 10.5. The van der Waals surface area contributed by atoms with Crippen molar-refractivity contribution in [3.05, 3.63) is 0 Å². The number of Topliss-reactive ketones (excluding diaryl/α,β-unsaturated/α-hetero) is 1. The van der Waals surface area contributed by atoms with Gasteiger partial charge in [0, 0.05) is 6.42 Å². The van der Waals surface area contributed by atoms with Crippen LogP contribution in [-0.4, -0.2) is 21.7 Å². The molecule has 0 aromatic carbocycles. The smallest absolute Gasteiger partial charge is 0.324 e. The lowest BCUT2D eigenvalue weighted by molar-refractivity contribution is -0.125. The maximum absolute atomic E-state index is 11.9. The summed E-state index contributed by atoms with van der Waals surface area (Å²) in [5.74, 6) is 2.10. The molecule has 4 bridgehead atoms. The van der Waals surface area contributed by atoms with Crippen molar-refractivity contribution in [2.45, 2.75) is 44.9 Å². The van der Waals surface area contributed by atoms with E-state index in [4.69, 9.17) is 9.79 Å². The quantitative estimate of drug-likeness (QED) is 0.770. The van der Waals surface area contributed by atoms with Gasteiger partial charge in [0.1, 0.15) is 11.9 Å². The van der Waals surface area contributed by atoms with Gasteiger partial charge in [-0.1, -0.05) is 0 Å². The minimum atomic E-state index is -4.18. The molecule has 4 saturated carbocycles. The fourth-order valence-corrected chi connectivity index (χ4v) is 5.78. The molecule has 0 heterocycles. The molecule has 0 aromatic heterocycles. The molecule has 0 amide bonds. The first-order chi connectivity index (χ1) is 8.34. The second kappa shape index (κ2) is 4.16. The molecule has 5 heteroatoms. The van der Waals surface area contributed by atoms with Crippen LogP contribution in [0.3, 0.4) is 0 Å². The first kappa shape index (κ1) is 12.8. The zero-order valence-corrected chi connectivity index (χ0v) is 11.4. The Kier molecular flexibility index (Phi) is 2.96. The van der Waals surface area contributed by atoms with Crippen molar-refractivity contribution in [2.24, 2.45) is 23.2 Å². The van der Waals surface area contributed by atoms with Crippen molar-refractivity contribution in [1.82, 2.24) is 0 Å². The second-order valence-corrected chi connectivity index (χ2v) is 8.60. The van der Waals surface area contributed by atoms with Gasteiger partial charge in [0.25, 0.3) is 0 Å². The summed E-state index contributed by atoms with van der Waals surface area (Å²) < 4.78 is 10.9. The Balaban J connectivity index is 1.69. The second-order valence-electron chi connectivity index (χ2n) is 6.96. The Bertz CT molecular complexity index is 376. The predicted octanol–water partition coefficient (Wildman–Crippen LogP) is 2.34. The zero-order chi connectivity index (χ0) is 13.0. The third kappa shape index (κ3) is 2.56. The summed E-state index contributed by atoms with van der Waals surface area (Å²) in [6.45, 7) is 0. The van der Waals surface area contributed by atoms with E-state index >= 15 is 0 Å². The molecule has 4 aliphatic rings. The molecule has 4 nitrogen and oxygen atoms in total. The number of ketones is 1. The van der Waals surface area contributed by atoms with Gasteiger partial charge in [-0.05, 0) is 61.7 Å². The largest absolute Gasteiger partial charge is 0.332 e. The molecule has 2 N–H and O–H groups in total. The Morgan fingerprint density at radius 1 is 1.06 bits per heavy atom. The Hall–Kier alpha value is -0.180. The molecule has 18 heavy (non-hydrogen) atoms. The predicted molar refractivity (Wildman–Crippen MR) is 67.1 cm³/mol. The molecule has 4 rings (SSSR count).